The van der Waals surface area contributed by atoms with Crippen LogP contribution in [0.25, 0.3) is 21.8 Å². The minimum absolute atomic E-state index is 0.0834. The van der Waals surface area contributed by atoms with Crippen LogP contribution in [-0.2, 0) is 17.8 Å². The van der Waals surface area contributed by atoms with E-state index < -0.39 is 31.1 Å². The van der Waals surface area contributed by atoms with Crippen molar-refractivity contribution in [3.05, 3.63) is 61.7 Å². The van der Waals surface area contributed by atoms with E-state index in [1.165, 1.54) is 12.1 Å². The second kappa shape index (κ2) is 8.83. The summed E-state index contributed by atoms with van der Waals surface area (Å²) in [5.74, 6) is -0.659. The highest BCUT2D eigenvalue weighted by Crippen LogP contribution is 2.30. The van der Waals surface area contributed by atoms with Crippen molar-refractivity contribution < 1.29 is 23.4 Å². The summed E-state index contributed by atoms with van der Waals surface area (Å²) in [7, 11) is 0. The summed E-state index contributed by atoms with van der Waals surface area (Å²) >= 11 is 9.48. The highest BCUT2D eigenvalue weighted by Gasteiger charge is 2.16. The zero-order valence-electron chi connectivity index (χ0n) is 16.1. The number of rotatable bonds is 7. The van der Waals surface area contributed by atoms with Crippen molar-refractivity contribution in [2.45, 2.75) is 19.4 Å². The van der Waals surface area contributed by atoms with E-state index in [4.69, 9.17) is 21.4 Å². The molecular formula is C20H14BrClF2N4O4. The van der Waals surface area contributed by atoms with E-state index in [0.29, 0.717) is 33.3 Å². The number of hydrogen-bond acceptors (Lipinski definition) is 5. The number of imidazole rings is 1. The number of aromatic nitrogens is 4. The molecule has 32 heavy (non-hydrogen) atoms. The number of alkyl halides is 2. The van der Waals surface area contributed by atoms with Gasteiger partial charge >= 0.3 is 5.97 Å². The lowest BCUT2D eigenvalue weighted by Gasteiger charge is -2.09. The first-order valence-electron chi connectivity index (χ1n) is 9.21. The average molecular weight is 528 g/mol. The molecule has 2 aromatic heterocycles. The van der Waals surface area contributed by atoms with Crippen LogP contribution in [0, 0.1) is 0 Å². The second-order valence-corrected chi connectivity index (χ2v) is 8.18. The molecule has 2 N–H and O–H groups in total. The maximum Gasteiger partial charge on any atom is 0.325 e. The Bertz CT molecular complexity index is 1410. The summed E-state index contributed by atoms with van der Waals surface area (Å²) in [5.41, 5.74) is 0.911. The second-order valence-electron chi connectivity index (χ2n) is 6.86. The van der Waals surface area contributed by atoms with Gasteiger partial charge in [-0.2, -0.15) is 5.10 Å². The van der Waals surface area contributed by atoms with Gasteiger partial charge in [0.05, 0.1) is 33.6 Å². The summed E-state index contributed by atoms with van der Waals surface area (Å²) in [6, 6.07) is 7.97. The fourth-order valence-electron chi connectivity index (χ4n) is 3.26. The van der Waals surface area contributed by atoms with E-state index in [2.05, 4.69) is 31.0 Å². The maximum atomic E-state index is 12.6. The number of aliphatic carboxylic acids is 1. The largest absolute Gasteiger partial charge is 0.486 e. The van der Waals surface area contributed by atoms with Gasteiger partial charge in [0.2, 0.25) is 0 Å². The Labute approximate surface area is 191 Å². The van der Waals surface area contributed by atoms with Crippen molar-refractivity contribution in [3.63, 3.8) is 0 Å². The van der Waals surface area contributed by atoms with Crippen molar-refractivity contribution in [3.8, 4) is 5.75 Å². The van der Waals surface area contributed by atoms with Crippen molar-refractivity contribution in [1.82, 2.24) is 19.7 Å². The molecule has 8 nitrogen and oxygen atoms in total. The van der Waals surface area contributed by atoms with Crippen LogP contribution >= 0.6 is 27.5 Å². The molecule has 0 aliphatic carbocycles. The lowest BCUT2D eigenvalue weighted by molar-refractivity contribution is -0.138. The number of carboxylic acid groups (broad SMARTS) is 1. The van der Waals surface area contributed by atoms with Crippen LogP contribution in [0.4, 0.5) is 8.78 Å². The number of halogens is 4. The fraction of sp³-hybridized carbons (Fsp3) is 0.200. The monoisotopic (exact) mass is 526 g/mol. The molecule has 0 unspecified atom stereocenters. The van der Waals surface area contributed by atoms with Crippen LogP contribution in [0.2, 0.25) is 5.02 Å². The molecule has 0 atom stereocenters. The molecule has 2 aromatic carbocycles. The SMILES string of the molecule is O=C(O)Cn1nc(Cc2nc3cc(OCC(F)F)c(Cl)cc3[nH]2)c2cc(Br)ccc2c1=O. The first-order chi connectivity index (χ1) is 15.2. The number of benzene rings is 2. The number of nitrogens with one attached hydrogen (secondary N) is 1. The Morgan fingerprint density at radius 2 is 2.06 bits per heavy atom. The van der Waals surface area contributed by atoms with Crippen LogP contribution in [0.1, 0.15) is 11.5 Å². The summed E-state index contributed by atoms with van der Waals surface area (Å²) in [4.78, 5) is 31.3. The molecule has 0 amide bonds. The fourth-order valence-corrected chi connectivity index (χ4v) is 3.84. The van der Waals surface area contributed by atoms with Gasteiger partial charge in [0, 0.05) is 15.9 Å². The lowest BCUT2D eigenvalue weighted by atomic mass is 10.1. The average Bonchev–Trinajstić information content (AvgIpc) is 3.10. The van der Waals surface area contributed by atoms with Crippen molar-refractivity contribution in [1.29, 1.82) is 0 Å². The number of hydrogen-bond donors (Lipinski definition) is 2. The predicted octanol–water partition coefficient (Wildman–Crippen LogP) is 4.01. The Hall–Kier alpha value is -3.05. The highest BCUT2D eigenvalue weighted by atomic mass is 79.9. The molecular weight excluding hydrogens is 514 g/mol. The Balaban J connectivity index is 1.76. The number of nitrogens with zero attached hydrogens (tertiary/aromatic N) is 3. The van der Waals surface area contributed by atoms with Gasteiger partial charge in [0.15, 0.2) is 0 Å². The van der Waals surface area contributed by atoms with Gasteiger partial charge in [0.25, 0.3) is 12.0 Å². The summed E-state index contributed by atoms with van der Waals surface area (Å²) in [6.07, 6.45) is -2.50. The van der Waals surface area contributed by atoms with E-state index in [-0.39, 0.29) is 17.2 Å². The van der Waals surface area contributed by atoms with Gasteiger partial charge in [-0.25, -0.2) is 18.4 Å². The minimum Gasteiger partial charge on any atom is -0.486 e. The minimum atomic E-state index is -2.64. The molecule has 4 rings (SSSR count). The Kier molecular flexibility index (Phi) is 6.11. The highest BCUT2D eigenvalue weighted by molar-refractivity contribution is 9.10. The zero-order valence-corrected chi connectivity index (χ0v) is 18.5. The van der Waals surface area contributed by atoms with Gasteiger partial charge < -0.3 is 14.8 Å². The molecule has 4 aromatic rings. The van der Waals surface area contributed by atoms with Gasteiger partial charge in [-0.05, 0) is 24.3 Å². The molecule has 0 spiro atoms. The van der Waals surface area contributed by atoms with E-state index >= 15 is 0 Å². The number of aromatic amines is 1. The van der Waals surface area contributed by atoms with E-state index in [1.807, 2.05) is 0 Å². The number of carbonyl (C=O) groups is 1. The predicted molar refractivity (Wildman–Crippen MR) is 117 cm³/mol. The number of fused-ring (bicyclic) bond motifs is 2. The quantitative estimate of drug-likeness (QED) is 0.376. The van der Waals surface area contributed by atoms with Gasteiger partial charge in [-0.1, -0.05) is 27.5 Å². The number of carboxylic acids is 1. The Morgan fingerprint density at radius 1 is 1.28 bits per heavy atom. The molecule has 0 aliphatic heterocycles. The third-order valence-corrected chi connectivity index (χ3v) is 5.36. The van der Waals surface area contributed by atoms with E-state index in [0.717, 1.165) is 9.15 Å². The van der Waals surface area contributed by atoms with Crippen LogP contribution in [0.5, 0.6) is 5.75 Å². The number of ether oxygens (including phenoxy) is 1. The number of H-pyrrole nitrogens is 1. The van der Waals surface area contributed by atoms with Gasteiger partial charge in [-0.15, -0.1) is 0 Å². The molecule has 0 saturated carbocycles. The van der Waals surface area contributed by atoms with Crippen LogP contribution < -0.4 is 10.3 Å². The van der Waals surface area contributed by atoms with Gasteiger partial charge in [-0.3, -0.25) is 9.59 Å². The van der Waals surface area contributed by atoms with Crippen LogP contribution in [-0.4, -0.2) is 43.9 Å². The molecule has 0 aliphatic rings. The van der Waals surface area contributed by atoms with Crippen molar-refractivity contribution in [2.24, 2.45) is 0 Å². The molecule has 0 radical (unpaired) electrons. The summed E-state index contributed by atoms with van der Waals surface area (Å²) in [6.45, 7) is -1.38. The molecule has 0 saturated heterocycles. The first kappa shape index (κ1) is 22.2. The van der Waals surface area contributed by atoms with E-state index in [9.17, 15) is 18.4 Å². The molecule has 0 fully saturated rings. The van der Waals surface area contributed by atoms with Gasteiger partial charge in [0.1, 0.15) is 24.7 Å². The summed E-state index contributed by atoms with van der Waals surface area (Å²) < 4.78 is 31.5. The summed E-state index contributed by atoms with van der Waals surface area (Å²) in [5, 5.41) is 14.4. The molecule has 12 heteroatoms. The zero-order chi connectivity index (χ0) is 23.0. The molecule has 0 bridgehead atoms. The smallest absolute Gasteiger partial charge is 0.325 e. The molecule has 2 heterocycles. The molecule has 166 valence electrons. The van der Waals surface area contributed by atoms with Crippen LogP contribution in [0.15, 0.2) is 39.6 Å². The Morgan fingerprint density at radius 3 is 2.78 bits per heavy atom. The lowest BCUT2D eigenvalue weighted by Crippen LogP contribution is -2.28. The van der Waals surface area contributed by atoms with Crippen molar-refractivity contribution >= 4 is 55.3 Å². The maximum absolute atomic E-state index is 12.6. The third-order valence-electron chi connectivity index (χ3n) is 4.57. The first-order valence-corrected chi connectivity index (χ1v) is 10.4. The van der Waals surface area contributed by atoms with Crippen molar-refractivity contribution in [2.75, 3.05) is 6.61 Å². The topological polar surface area (TPSA) is 110 Å². The standard InChI is InChI=1S/C20H14BrClF2N4O4/c21-9-1-2-10-11(3-9)13(27-28(20(10)31)7-19(29)30)6-18-25-14-4-12(22)16(5-15(14)26-18)32-8-17(23)24/h1-5,17H,6-8H2,(H,25,26)(H,29,30). The van der Waals surface area contributed by atoms with Crippen LogP contribution in [0.3, 0.4) is 0 Å². The normalized spacial score (nSPS) is 11.5. The van der Waals surface area contributed by atoms with E-state index in [1.54, 1.807) is 18.2 Å². The third kappa shape index (κ3) is 4.58.